The maximum atomic E-state index is 14.4. The molecule has 0 bridgehead atoms. The molecule has 188 valence electrons. The summed E-state index contributed by atoms with van der Waals surface area (Å²) in [5, 5.41) is 10.2. The number of carboxylic acids is 1. The smallest absolute Gasteiger partial charge is 0.392 e. The number of aromatic nitrogens is 2. The SMILES string of the molecule is Cc1cc2c(cc1F)c(C(=O)O)c(-c1ccc(S(=O)(=O)NC[C@@H](C)C(F)(F)F)cn1)n2C1CCC1. The number of nitrogens with zero attached hydrogens (tertiary/aromatic N) is 2. The lowest BCUT2D eigenvalue weighted by Gasteiger charge is -2.30. The number of halogens is 4. The molecule has 1 atom stereocenters. The molecule has 12 heteroatoms. The number of benzene rings is 1. The van der Waals surface area contributed by atoms with E-state index in [-0.39, 0.29) is 33.3 Å². The van der Waals surface area contributed by atoms with Crippen molar-refractivity contribution >= 4 is 26.9 Å². The summed E-state index contributed by atoms with van der Waals surface area (Å²) in [4.78, 5) is 16.0. The third kappa shape index (κ3) is 4.64. The van der Waals surface area contributed by atoms with Crippen molar-refractivity contribution in [3.8, 4) is 11.4 Å². The molecule has 0 radical (unpaired) electrons. The molecule has 1 aliphatic carbocycles. The lowest BCUT2D eigenvalue weighted by molar-refractivity contribution is -0.167. The molecule has 1 aromatic carbocycles. The summed E-state index contributed by atoms with van der Waals surface area (Å²) in [6.07, 6.45) is -1.06. The van der Waals surface area contributed by atoms with E-state index in [2.05, 4.69) is 4.98 Å². The van der Waals surface area contributed by atoms with Crippen molar-refractivity contribution in [1.82, 2.24) is 14.3 Å². The van der Waals surface area contributed by atoms with Gasteiger partial charge in [-0.3, -0.25) is 4.98 Å². The van der Waals surface area contributed by atoms with Crippen molar-refractivity contribution in [2.45, 2.75) is 50.2 Å². The number of rotatable bonds is 7. The quantitative estimate of drug-likeness (QED) is 0.431. The van der Waals surface area contributed by atoms with Gasteiger partial charge in [0.1, 0.15) is 10.7 Å². The van der Waals surface area contributed by atoms with Crippen molar-refractivity contribution < 1.29 is 35.9 Å². The fraction of sp³-hybridized carbons (Fsp3) is 0.391. The van der Waals surface area contributed by atoms with E-state index in [0.717, 1.165) is 38.4 Å². The first-order valence-corrected chi connectivity index (χ1v) is 12.4. The summed E-state index contributed by atoms with van der Waals surface area (Å²) in [6, 6.07) is 5.20. The molecule has 0 amide bonds. The van der Waals surface area contributed by atoms with Crippen LogP contribution in [0, 0.1) is 18.7 Å². The first-order chi connectivity index (χ1) is 16.3. The number of aryl methyl sites for hydroxylation is 1. The highest BCUT2D eigenvalue weighted by Crippen LogP contribution is 2.43. The van der Waals surface area contributed by atoms with Crippen LogP contribution >= 0.6 is 0 Å². The molecule has 2 aromatic heterocycles. The summed E-state index contributed by atoms with van der Waals surface area (Å²) < 4.78 is 81.2. The average molecular weight is 514 g/mol. The van der Waals surface area contributed by atoms with Crippen LogP contribution < -0.4 is 4.72 Å². The number of sulfonamides is 1. The van der Waals surface area contributed by atoms with E-state index in [9.17, 15) is 35.9 Å². The molecule has 4 rings (SSSR count). The third-order valence-corrected chi connectivity index (χ3v) is 7.77. The molecule has 3 aromatic rings. The van der Waals surface area contributed by atoms with Crippen molar-refractivity contribution in [3.63, 3.8) is 0 Å². The van der Waals surface area contributed by atoms with Crippen LogP contribution in [0.1, 0.15) is 48.1 Å². The van der Waals surface area contributed by atoms with Gasteiger partial charge in [-0.05, 0) is 56.0 Å². The number of hydrogen-bond donors (Lipinski definition) is 2. The molecule has 0 aliphatic heterocycles. The number of fused-ring (bicyclic) bond motifs is 1. The number of nitrogens with one attached hydrogen (secondary N) is 1. The van der Waals surface area contributed by atoms with Crippen molar-refractivity contribution in [2.75, 3.05) is 6.54 Å². The van der Waals surface area contributed by atoms with Crippen LogP contribution in [0.2, 0.25) is 0 Å². The first-order valence-electron chi connectivity index (χ1n) is 10.9. The van der Waals surface area contributed by atoms with E-state index < -0.39 is 40.4 Å². The van der Waals surface area contributed by atoms with E-state index in [1.165, 1.54) is 12.1 Å². The molecule has 1 fully saturated rings. The molecule has 1 aliphatic rings. The van der Waals surface area contributed by atoms with E-state index >= 15 is 0 Å². The van der Waals surface area contributed by atoms with Gasteiger partial charge in [0, 0.05) is 24.2 Å². The Labute approximate surface area is 198 Å². The minimum Gasteiger partial charge on any atom is -0.478 e. The van der Waals surface area contributed by atoms with Gasteiger partial charge < -0.3 is 9.67 Å². The van der Waals surface area contributed by atoms with Crippen LogP contribution in [0.5, 0.6) is 0 Å². The number of alkyl halides is 3. The Morgan fingerprint density at radius 3 is 2.49 bits per heavy atom. The van der Waals surface area contributed by atoms with Crippen molar-refractivity contribution in [3.05, 3.63) is 47.4 Å². The first kappa shape index (κ1) is 25.1. The molecule has 0 unspecified atom stereocenters. The normalized spacial score (nSPS) is 15.8. The van der Waals surface area contributed by atoms with Gasteiger partial charge in [0.15, 0.2) is 0 Å². The number of carboxylic acid groups (broad SMARTS) is 1. The fourth-order valence-electron chi connectivity index (χ4n) is 4.04. The zero-order valence-corrected chi connectivity index (χ0v) is 19.7. The Morgan fingerprint density at radius 1 is 1.29 bits per heavy atom. The fourth-order valence-corrected chi connectivity index (χ4v) is 5.11. The van der Waals surface area contributed by atoms with Crippen LogP contribution in [0.15, 0.2) is 35.4 Å². The second-order valence-corrected chi connectivity index (χ2v) is 10.5. The molecule has 2 N–H and O–H groups in total. The summed E-state index contributed by atoms with van der Waals surface area (Å²) in [6.45, 7) is 1.61. The minimum atomic E-state index is -4.55. The van der Waals surface area contributed by atoms with Crippen LogP contribution in [0.3, 0.4) is 0 Å². The molecular weight excluding hydrogens is 490 g/mol. The van der Waals surface area contributed by atoms with Gasteiger partial charge in [0.05, 0.1) is 28.4 Å². The topological polar surface area (TPSA) is 101 Å². The van der Waals surface area contributed by atoms with Gasteiger partial charge in [-0.1, -0.05) is 6.92 Å². The number of carbonyl (C=O) groups is 1. The predicted molar refractivity (Wildman–Crippen MR) is 120 cm³/mol. The monoisotopic (exact) mass is 513 g/mol. The largest absolute Gasteiger partial charge is 0.478 e. The maximum absolute atomic E-state index is 14.4. The summed E-state index contributed by atoms with van der Waals surface area (Å²) in [5.41, 5.74) is 1.14. The number of pyridine rings is 1. The molecule has 7 nitrogen and oxygen atoms in total. The van der Waals surface area contributed by atoms with Crippen molar-refractivity contribution in [1.29, 1.82) is 0 Å². The maximum Gasteiger partial charge on any atom is 0.392 e. The Balaban J connectivity index is 1.78. The van der Waals surface area contributed by atoms with E-state index in [0.29, 0.717) is 11.1 Å². The Hall–Kier alpha value is -2.99. The summed E-state index contributed by atoms with van der Waals surface area (Å²) >= 11 is 0. The van der Waals surface area contributed by atoms with Crippen LogP contribution in [-0.2, 0) is 10.0 Å². The second-order valence-electron chi connectivity index (χ2n) is 8.78. The molecule has 2 heterocycles. The summed E-state index contributed by atoms with van der Waals surface area (Å²) in [7, 11) is -4.28. The molecule has 0 spiro atoms. The lowest BCUT2D eigenvalue weighted by atomic mass is 9.92. The van der Waals surface area contributed by atoms with E-state index in [1.807, 2.05) is 9.29 Å². The third-order valence-electron chi connectivity index (χ3n) is 6.36. The zero-order valence-electron chi connectivity index (χ0n) is 18.9. The Kier molecular flexibility index (Phi) is 6.39. The van der Waals surface area contributed by atoms with Gasteiger partial charge >= 0.3 is 12.1 Å². The molecule has 35 heavy (non-hydrogen) atoms. The Bertz CT molecular complexity index is 1400. The highest BCUT2D eigenvalue weighted by Gasteiger charge is 2.36. The van der Waals surface area contributed by atoms with E-state index in [1.54, 1.807) is 13.0 Å². The van der Waals surface area contributed by atoms with E-state index in [4.69, 9.17) is 0 Å². The molecule has 1 saturated carbocycles. The van der Waals surface area contributed by atoms with Gasteiger partial charge in [0.2, 0.25) is 10.0 Å². The van der Waals surface area contributed by atoms with Crippen LogP contribution in [0.4, 0.5) is 17.6 Å². The highest BCUT2D eigenvalue weighted by molar-refractivity contribution is 7.89. The number of hydrogen-bond acceptors (Lipinski definition) is 4. The van der Waals surface area contributed by atoms with Gasteiger partial charge in [0.25, 0.3) is 0 Å². The van der Waals surface area contributed by atoms with Crippen molar-refractivity contribution in [2.24, 2.45) is 5.92 Å². The minimum absolute atomic E-state index is 0.0267. The predicted octanol–water partition coefficient (Wildman–Crippen LogP) is 5.05. The van der Waals surface area contributed by atoms with Gasteiger partial charge in [-0.15, -0.1) is 0 Å². The average Bonchev–Trinajstić information content (AvgIpc) is 3.04. The van der Waals surface area contributed by atoms with Crippen LogP contribution in [-0.4, -0.2) is 41.8 Å². The standard InChI is InChI=1S/C23H23F4N3O4S/c1-12-8-19-16(9-17(12)24)20(22(31)32)21(30(19)14-4-3-5-14)18-7-6-15(11-28-18)35(33,34)29-10-13(2)23(25,26)27/h6-9,11,13-14,29H,3-5,10H2,1-2H3,(H,31,32)/t13-/m1/s1. The zero-order chi connectivity index (χ0) is 25.7. The van der Waals surface area contributed by atoms with Gasteiger partial charge in [-0.2, -0.15) is 13.2 Å². The lowest BCUT2D eigenvalue weighted by Crippen LogP contribution is -2.34. The summed E-state index contributed by atoms with van der Waals surface area (Å²) in [5.74, 6) is -3.72. The molecule has 0 saturated heterocycles. The van der Waals surface area contributed by atoms with Gasteiger partial charge in [-0.25, -0.2) is 22.3 Å². The highest BCUT2D eigenvalue weighted by atomic mass is 32.2. The number of aromatic carboxylic acids is 1. The second kappa shape index (κ2) is 8.90. The molecular formula is C23H23F4N3O4S. The Morgan fingerprint density at radius 2 is 1.97 bits per heavy atom. The van der Waals surface area contributed by atoms with Crippen LogP contribution in [0.25, 0.3) is 22.3 Å².